The maximum absolute atomic E-state index is 12.5. The third-order valence-electron chi connectivity index (χ3n) is 5.35. The third kappa shape index (κ3) is 2.10. The number of aromatic nitrogens is 1. The molecule has 0 spiro atoms. The van der Waals surface area contributed by atoms with Gasteiger partial charge in [-0.15, -0.1) is 0 Å². The van der Waals surface area contributed by atoms with E-state index in [1.165, 1.54) is 18.7 Å². The summed E-state index contributed by atoms with van der Waals surface area (Å²) in [6.45, 7) is 4.25. The number of amides is 1. The van der Waals surface area contributed by atoms with Crippen molar-refractivity contribution in [3.63, 3.8) is 0 Å². The SMILES string of the molecule is C=C[C@@H]1OC(=O)N2CCc3c(n(C)c4ccccc34)[C@@H]2[C@H]1C(=O)OC. The molecule has 6 nitrogen and oxygen atoms in total. The maximum Gasteiger partial charge on any atom is 0.410 e. The number of hydrogen-bond acceptors (Lipinski definition) is 4. The number of esters is 1. The van der Waals surface area contributed by atoms with Crippen LogP contribution in [0.3, 0.4) is 0 Å². The van der Waals surface area contributed by atoms with E-state index in [0.717, 1.165) is 23.0 Å². The zero-order valence-corrected chi connectivity index (χ0v) is 14.3. The lowest BCUT2D eigenvalue weighted by Crippen LogP contribution is -2.55. The van der Waals surface area contributed by atoms with Crippen LogP contribution >= 0.6 is 0 Å². The van der Waals surface area contributed by atoms with Gasteiger partial charge in [0.1, 0.15) is 12.0 Å². The second-order valence-corrected chi connectivity index (χ2v) is 6.46. The van der Waals surface area contributed by atoms with Crippen molar-refractivity contribution in [3.05, 3.63) is 48.2 Å². The lowest BCUT2D eigenvalue weighted by Gasteiger charge is -2.45. The van der Waals surface area contributed by atoms with Gasteiger partial charge in [0.05, 0.1) is 13.2 Å². The summed E-state index contributed by atoms with van der Waals surface area (Å²) in [5.74, 6) is -1.03. The molecule has 3 atom stereocenters. The highest BCUT2D eigenvalue weighted by Crippen LogP contribution is 2.44. The number of aryl methyl sites for hydroxylation is 1. The number of nitrogens with zero attached hydrogens (tertiary/aromatic N) is 2. The zero-order valence-electron chi connectivity index (χ0n) is 14.3. The first-order valence-electron chi connectivity index (χ1n) is 8.32. The van der Waals surface area contributed by atoms with E-state index in [9.17, 15) is 9.59 Å². The molecule has 6 heteroatoms. The van der Waals surface area contributed by atoms with Crippen LogP contribution in [0.4, 0.5) is 4.79 Å². The molecule has 2 aliphatic heterocycles. The molecule has 0 N–H and O–H groups in total. The second kappa shape index (κ2) is 5.65. The Bertz CT molecular complexity index is 885. The predicted octanol–water partition coefficient (Wildman–Crippen LogP) is 2.57. The molecule has 1 amide bonds. The molecule has 25 heavy (non-hydrogen) atoms. The first-order valence-corrected chi connectivity index (χ1v) is 8.32. The summed E-state index contributed by atoms with van der Waals surface area (Å²) in [4.78, 5) is 26.7. The van der Waals surface area contributed by atoms with E-state index in [1.807, 2.05) is 19.2 Å². The van der Waals surface area contributed by atoms with Crippen LogP contribution in [0.25, 0.3) is 10.9 Å². The Hall–Kier alpha value is -2.76. The normalized spacial score (nSPS) is 25.1. The minimum absolute atomic E-state index is 0.398. The van der Waals surface area contributed by atoms with Crippen LogP contribution in [0.2, 0.25) is 0 Å². The summed E-state index contributed by atoms with van der Waals surface area (Å²) in [7, 11) is 3.33. The molecule has 1 saturated heterocycles. The molecule has 0 bridgehead atoms. The highest BCUT2D eigenvalue weighted by molar-refractivity contribution is 5.88. The smallest absolute Gasteiger partial charge is 0.410 e. The lowest BCUT2D eigenvalue weighted by molar-refractivity contribution is -0.155. The van der Waals surface area contributed by atoms with Crippen molar-refractivity contribution < 1.29 is 19.1 Å². The van der Waals surface area contributed by atoms with E-state index in [4.69, 9.17) is 9.47 Å². The second-order valence-electron chi connectivity index (χ2n) is 6.46. The third-order valence-corrected chi connectivity index (χ3v) is 5.35. The summed E-state index contributed by atoms with van der Waals surface area (Å²) in [6, 6.07) is 7.72. The van der Waals surface area contributed by atoms with Gasteiger partial charge in [0.15, 0.2) is 0 Å². The fourth-order valence-corrected chi connectivity index (χ4v) is 4.25. The molecule has 3 heterocycles. The van der Waals surface area contributed by atoms with Crippen LogP contribution in [0, 0.1) is 5.92 Å². The van der Waals surface area contributed by atoms with Crippen LogP contribution < -0.4 is 0 Å². The molecule has 1 fully saturated rings. The number of fused-ring (bicyclic) bond motifs is 5. The van der Waals surface area contributed by atoms with Gasteiger partial charge in [-0.05, 0) is 18.1 Å². The first kappa shape index (κ1) is 15.7. The first-order chi connectivity index (χ1) is 12.1. The lowest BCUT2D eigenvalue weighted by atomic mass is 9.84. The molecule has 1 aromatic carbocycles. The number of cyclic esters (lactones) is 1. The molecule has 2 aromatic rings. The van der Waals surface area contributed by atoms with Crippen molar-refractivity contribution in [2.75, 3.05) is 13.7 Å². The molecule has 130 valence electrons. The molecule has 0 radical (unpaired) electrons. The molecule has 4 rings (SSSR count). The molecule has 0 unspecified atom stereocenters. The number of ether oxygens (including phenoxy) is 2. The van der Waals surface area contributed by atoms with Gasteiger partial charge in [-0.1, -0.05) is 30.9 Å². The number of benzene rings is 1. The van der Waals surface area contributed by atoms with Crippen LogP contribution in [-0.2, 0) is 27.7 Å². The number of carbonyl (C=O) groups is 2. The Kier molecular flexibility index (Phi) is 3.56. The summed E-state index contributed by atoms with van der Waals surface area (Å²) >= 11 is 0. The topological polar surface area (TPSA) is 60.8 Å². The Morgan fingerprint density at radius 3 is 2.88 bits per heavy atom. The average molecular weight is 340 g/mol. The van der Waals surface area contributed by atoms with Crippen LogP contribution in [0.1, 0.15) is 17.3 Å². The van der Waals surface area contributed by atoms with Gasteiger partial charge in [-0.2, -0.15) is 0 Å². The van der Waals surface area contributed by atoms with Gasteiger partial charge in [0.25, 0.3) is 0 Å². The van der Waals surface area contributed by atoms with Gasteiger partial charge >= 0.3 is 12.1 Å². The van der Waals surface area contributed by atoms with Gasteiger partial charge in [-0.3, -0.25) is 9.69 Å². The number of hydrogen-bond donors (Lipinski definition) is 0. The van der Waals surface area contributed by atoms with E-state index >= 15 is 0 Å². The molecular formula is C19H20N2O4. The Morgan fingerprint density at radius 2 is 2.16 bits per heavy atom. The van der Waals surface area contributed by atoms with Crippen molar-refractivity contribution in [2.24, 2.45) is 13.0 Å². The summed E-state index contributed by atoms with van der Waals surface area (Å²) < 4.78 is 12.5. The Balaban J connectivity index is 1.96. The van der Waals surface area contributed by atoms with Crippen molar-refractivity contribution in [3.8, 4) is 0 Å². The highest BCUT2D eigenvalue weighted by Gasteiger charge is 2.51. The van der Waals surface area contributed by atoms with Crippen LogP contribution in [0.15, 0.2) is 36.9 Å². The van der Waals surface area contributed by atoms with Crippen molar-refractivity contribution >= 4 is 23.0 Å². The number of methoxy groups -OCH3 is 1. The molecule has 1 aromatic heterocycles. The van der Waals surface area contributed by atoms with E-state index in [2.05, 4.69) is 23.3 Å². The minimum atomic E-state index is -0.704. The monoisotopic (exact) mass is 340 g/mol. The van der Waals surface area contributed by atoms with E-state index in [1.54, 1.807) is 4.90 Å². The Labute approximate surface area is 145 Å². The van der Waals surface area contributed by atoms with Gasteiger partial charge < -0.3 is 14.0 Å². The summed E-state index contributed by atoms with van der Waals surface area (Å²) in [5.41, 5.74) is 3.25. The fraction of sp³-hybridized carbons (Fsp3) is 0.368. The largest absolute Gasteiger partial charge is 0.469 e. The maximum atomic E-state index is 12.5. The molecule has 0 aliphatic carbocycles. The molecular weight excluding hydrogens is 320 g/mol. The fourth-order valence-electron chi connectivity index (χ4n) is 4.25. The van der Waals surface area contributed by atoms with Crippen LogP contribution in [0.5, 0.6) is 0 Å². The number of para-hydroxylation sites is 1. The van der Waals surface area contributed by atoms with Gasteiger partial charge in [0, 0.05) is 30.2 Å². The quantitative estimate of drug-likeness (QED) is 0.623. The summed E-state index contributed by atoms with van der Waals surface area (Å²) in [6.07, 6.45) is 1.12. The molecule has 2 aliphatic rings. The van der Waals surface area contributed by atoms with Gasteiger partial charge in [-0.25, -0.2) is 4.79 Å². The average Bonchev–Trinajstić information content (AvgIpc) is 2.94. The van der Waals surface area contributed by atoms with Gasteiger partial charge in [0.2, 0.25) is 0 Å². The van der Waals surface area contributed by atoms with Crippen LogP contribution in [-0.4, -0.2) is 41.3 Å². The number of rotatable bonds is 2. The van der Waals surface area contributed by atoms with Crippen molar-refractivity contribution in [1.82, 2.24) is 9.47 Å². The number of carbonyl (C=O) groups excluding carboxylic acids is 2. The predicted molar refractivity (Wildman–Crippen MR) is 92.0 cm³/mol. The van der Waals surface area contributed by atoms with E-state index in [-0.39, 0.29) is 0 Å². The highest BCUT2D eigenvalue weighted by atomic mass is 16.6. The van der Waals surface area contributed by atoms with E-state index in [0.29, 0.717) is 6.54 Å². The minimum Gasteiger partial charge on any atom is -0.469 e. The molecule has 0 saturated carbocycles. The standard InChI is InChI=1S/C19H20N2O4/c1-4-14-15(18(22)24-3)17-16-12(9-10-21(17)19(23)25-14)11-7-5-6-8-13(11)20(16)2/h4-8,14-15,17H,1,9-10H2,2-3H3/t14-,15-,17-/m0/s1. The zero-order chi connectivity index (χ0) is 17.7. The van der Waals surface area contributed by atoms with E-state index < -0.39 is 30.1 Å². The Morgan fingerprint density at radius 1 is 1.40 bits per heavy atom. The van der Waals surface area contributed by atoms with Crippen molar-refractivity contribution in [2.45, 2.75) is 18.6 Å². The summed E-state index contributed by atoms with van der Waals surface area (Å²) in [5, 5.41) is 1.16. The van der Waals surface area contributed by atoms with Crippen molar-refractivity contribution in [1.29, 1.82) is 0 Å².